The SMILES string of the molecule is Cc1cc(/C=C/C(=O)c2ccc(Cl)c([N+](=O)[O-])c2)c(C)n1-c1nccs1. The zero-order valence-electron chi connectivity index (χ0n) is 14.0. The first-order valence-corrected chi connectivity index (χ1v) is 8.89. The Kier molecular flexibility index (Phi) is 5.01. The highest BCUT2D eigenvalue weighted by atomic mass is 35.5. The summed E-state index contributed by atoms with van der Waals surface area (Å²) in [5, 5.41) is 13.7. The van der Waals surface area contributed by atoms with Crippen LogP contribution in [0, 0.1) is 24.0 Å². The second kappa shape index (κ2) is 7.23. The molecule has 26 heavy (non-hydrogen) atoms. The van der Waals surface area contributed by atoms with Crippen molar-refractivity contribution < 1.29 is 9.72 Å². The van der Waals surface area contributed by atoms with E-state index in [4.69, 9.17) is 11.6 Å². The lowest BCUT2D eigenvalue weighted by atomic mass is 10.1. The Bertz CT molecular complexity index is 1020. The number of ketones is 1. The summed E-state index contributed by atoms with van der Waals surface area (Å²) < 4.78 is 2.02. The lowest BCUT2D eigenvalue weighted by Crippen LogP contribution is -1.98. The minimum absolute atomic E-state index is 0.00234. The van der Waals surface area contributed by atoms with Gasteiger partial charge in [-0.15, -0.1) is 11.3 Å². The van der Waals surface area contributed by atoms with Crippen LogP contribution in [0.4, 0.5) is 5.69 Å². The van der Waals surface area contributed by atoms with Crippen molar-refractivity contribution in [1.29, 1.82) is 0 Å². The molecule has 3 rings (SSSR count). The van der Waals surface area contributed by atoms with Crippen molar-refractivity contribution >= 4 is 40.5 Å². The first-order valence-electron chi connectivity index (χ1n) is 7.63. The second-order valence-corrected chi connectivity index (χ2v) is 6.88. The first-order chi connectivity index (χ1) is 12.4. The summed E-state index contributed by atoms with van der Waals surface area (Å²) in [5.41, 5.74) is 2.78. The number of benzene rings is 1. The molecule has 0 aliphatic rings. The van der Waals surface area contributed by atoms with E-state index in [2.05, 4.69) is 4.98 Å². The normalized spacial score (nSPS) is 11.2. The Balaban J connectivity index is 1.89. The molecule has 3 aromatic rings. The van der Waals surface area contributed by atoms with Gasteiger partial charge in [-0.05, 0) is 49.8 Å². The average molecular weight is 388 g/mol. The number of rotatable bonds is 5. The van der Waals surface area contributed by atoms with E-state index in [9.17, 15) is 14.9 Å². The molecule has 0 spiro atoms. The summed E-state index contributed by atoms with van der Waals surface area (Å²) in [6.07, 6.45) is 4.85. The summed E-state index contributed by atoms with van der Waals surface area (Å²) in [6, 6.07) is 5.98. The van der Waals surface area contributed by atoms with Crippen LogP contribution in [-0.2, 0) is 0 Å². The molecule has 8 heteroatoms. The number of thiazole rings is 1. The van der Waals surface area contributed by atoms with Crippen LogP contribution in [0.3, 0.4) is 0 Å². The van der Waals surface area contributed by atoms with E-state index in [0.29, 0.717) is 0 Å². The maximum Gasteiger partial charge on any atom is 0.288 e. The summed E-state index contributed by atoms with van der Waals surface area (Å²) in [6.45, 7) is 3.92. The molecule has 0 atom stereocenters. The van der Waals surface area contributed by atoms with Crippen LogP contribution in [0.2, 0.25) is 5.02 Å². The molecule has 0 unspecified atom stereocenters. The summed E-state index contributed by atoms with van der Waals surface area (Å²) in [7, 11) is 0. The molecular weight excluding hydrogens is 374 g/mol. The summed E-state index contributed by atoms with van der Waals surface area (Å²) in [4.78, 5) is 27.0. The lowest BCUT2D eigenvalue weighted by Gasteiger charge is -2.04. The van der Waals surface area contributed by atoms with Crippen molar-refractivity contribution in [2.24, 2.45) is 0 Å². The molecule has 0 N–H and O–H groups in total. The number of halogens is 1. The smallest absolute Gasteiger partial charge is 0.288 e. The van der Waals surface area contributed by atoms with Crippen molar-refractivity contribution in [3.8, 4) is 5.13 Å². The molecule has 0 fully saturated rings. The van der Waals surface area contributed by atoms with Crippen molar-refractivity contribution in [1.82, 2.24) is 9.55 Å². The van der Waals surface area contributed by atoms with Gasteiger partial charge in [0.25, 0.3) is 5.69 Å². The Labute approximate surface area is 158 Å². The number of nitrogens with zero attached hydrogens (tertiary/aromatic N) is 3. The number of hydrogen-bond acceptors (Lipinski definition) is 5. The van der Waals surface area contributed by atoms with Crippen molar-refractivity contribution in [3.63, 3.8) is 0 Å². The number of aryl methyl sites for hydroxylation is 1. The maximum absolute atomic E-state index is 12.4. The van der Waals surface area contributed by atoms with Gasteiger partial charge in [-0.2, -0.15) is 0 Å². The topological polar surface area (TPSA) is 78.0 Å². The van der Waals surface area contributed by atoms with Crippen molar-refractivity contribution in [3.05, 3.63) is 79.6 Å². The van der Waals surface area contributed by atoms with Crippen LogP contribution in [0.1, 0.15) is 27.3 Å². The van der Waals surface area contributed by atoms with Gasteiger partial charge >= 0.3 is 0 Å². The molecule has 2 aromatic heterocycles. The number of hydrogen-bond donors (Lipinski definition) is 0. The second-order valence-electron chi connectivity index (χ2n) is 5.60. The van der Waals surface area contributed by atoms with Crippen LogP contribution < -0.4 is 0 Å². The van der Waals surface area contributed by atoms with Gasteiger partial charge in [0.1, 0.15) is 5.02 Å². The van der Waals surface area contributed by atoms with Crippen molar-refractivity contribution in [2.75, 3.05) is 0 Å². The fourth-order valence-electron chi connectivity index (χ4n) is 2.64. The van der Waals surface area contributed by atoms with Gasteiger partial charge in [0, 0.05) is 34.6 Å². The molecular formula is C18H14ClN3O3S. The molecule has 0 saturated carbocycles. The van der Waals surface area contributed by atoms with Gasteiger partial charge in [-0.25, -0.2) is 4.98 Å². The predicted octanol–water partition coefficient (Wildman–Crippen LogP) is 5.01. The standard InChI is InChI=1S/C18H14ClN3O3S/c1-11-9-13(12(2)21(11)18-20-7-8-26-18)4-6-17(23)14-3-5-15(19)16(10-14)22(24)25/h3-10H,1-2H3/b6-4+. The fraction of sp³-hybridized carbons (Fsp3) is 0.111. The van der Waals surface area contributed by atoms with E-state index in [0.717, 1.165) is 22.1 Å². The third-order valence-corrected chi connectivity index (χ3v) is 5.00. The van der Waals surface area contributed by atoms with Crippen LogP contribution in [0.5, 0.6) is 0 Å². The molecule has 0 aliphatic heterocycles. The highest BCUT2D eigenvalue weighted by Crippen LogP contribution is 2.26. The van der Waals surface area contributed by atoms with Gasteiger partial charge in [0.2, 0.25) is 0 Å². The molecule has 2 heterocycles. The fourth-order valence-corrected chi connectivity index (χ4v) is 3.58. The number of nitro benzene ring substituents is 1. The lowest BCUT2D eigenvalue weighted by molar-refractivity contribution is -0.384. The van der Waals surface area contributed by atoms with Crippen LogP contribution >= 0.6 is 22.9 Å². The van der Waals surface area contributed by atoms with Gasteiger partial charge in [0.15, 0.2) is 10.9 Å². The predicted molar refractivity (Wildman–Crippen MR) is 102 cm³/mol. The minimum atomic E-state index is -0.607. The number of carbonyl (C=O) groups is 1. The van der Waals surface area contributed by atoms with E-state index in [1.165, 1.54) is 35.6 Å². The van der Waals surface area contributed by atoms with Gasteiger partial charge in [-0.3, -0.25) is 19.5 Å². The molecule has 0 amide bonds. The number of allylic oxidation sites excluding steroid dienone is 1. The van der Waals surface area contributed by atoms with E-state index in [-0.39, 0.29) is 22.1 Å². The Morgan fingerprint density at radius 3 is 2.77 bits per heavy atom. The monoisotopic (exact) mass is 387 g/mol. The number of nitro groups is 1. The van der Waals surface area contributed by atoms with Crippen LogP contribution in [0.15, 0.2) is 41.9 Å². The molecule has 6 nitrogen and oxygen atoms in total. The van der Waals surface area contributed by atoms with E-state index in [1.54, 1.807) is 12.3 Å². The molecule has 0 aliphatic carbocycles. The maximum atomic E-state index is 12.4. The minimum Gasteiger partial charge on any atom is -0.294 e. The number of aromatic nitrogens is 2. The van der Waals surface area contributed by atoms with Crippen LogP contribution in [-0.4, -0.2) is 20.3 Å². The van der Waals surface area contributed by atoms with Gasteiger partial charge in [-0.1, -0.05) is 11.6 Å². The Morgan fingerprint density at radius 2 is 2.12 bits per heavy atom. The molecule has 1 aromatic carbocycles. The highest BCUT2D eigenvalue weighted by molar-refractivity contribution is 7.12. The molecule has 0 bridgehead atoms. The zero-order chi connectivity index (χ0) is 18.8. The largest absolute Gasteiger partial charge is 0.294 e. The quantitative estimate of drug-likeness (QED) is 0.267. The van der Waals surface area contributed by atoms with E-state index in [1.807, 2.05) is 29.9 Å². The van der Waals surface area contributed by atoms with Gasteiger partial charge in [0.05, 0.1) is 4.92 Å². The average Bonchev–Trinajstić information content (AvgIpc) is 3.20. The molecule has 0 saturated heterocycles. The number of carbonyl (C=O) groups excluding carboxylic acids is 1. The molecule has 0 radical (unpaired) electrons. The first kappa shape index (κ1) is 18.0. The zero-order valence-corrected chi connectivity index (χ0v) is 15.5. The van der Waals surface area contributed by atoms with Crippen molar-refractivity contribution in [2.45, 2.75) is 13.8 Å². The summed E-state index contributed by atoms with van der Waals surface area (Å²) in [5.74, 6) is -0.330. The van der Waals surface area contributed by atoms with Gasteiger partial charge < -0.3 is 0 Å². The highest BCUT2D eigenvalue weighted by Gasteiger charge is 2.15. The summed E-state index contributed by atoms with van der Waals surface area (Å²) >= 11 is 7.31. The van der Waals surface area contributed by atoms with E-state index >= 15 is 0 Å². The third-order valence-electron chi connectivity index (χ3n) is 3.92. The molecule has 132 valence electrons. The third kappa shape index (κ3) is 3.44. The Hall–Kier alpha value is -2.77. The van der Waals surface area contributed by atoms with Crippen LogP contribution in [0.25, 0.3) is 11.2 Å². The Morgan fingerprint density at radius 1 is 1.35 bits per heavy atom. The van der Waals surface area contributed by atoms with E-state index < -0.39 is 4.92 Å².